The standard InChI is InChI=1S/C15H19ClN2O3/c1-2-21-14(19)9-13-15(20)18(8-7-17-13)10-11-5-3-4-6-12(11)16/h3-6,13,17H,2,7-10H2,1H3. The fourth-order valence-electron chi connectivity index (χ4n) is 2.33. The van der Waals surface area contributed by atoms with Crippen LogP contribution in [0.5, 0.6) is 0 Å². The van der Waals surface area contributed by atoms with E-state index in [1.54, 1.807) is 17.9 Å². The molecule has 1 aliphatic heterocycles. The van der Waals surface area contributed by atoms with Crippen molar-refractivity contribution in [3.05, 3.63) is 34.9 Å². The van der Waals surface area contributed by atoms with Crippen LogP contribution in [0.2, 0.25) is 5.02 Å². The summed E-state index contributed by atoms with van der Waals surface area (Å²) in [6.45, 7) is 3.78. The van der Waals surface area contributed by atoms with Gasteiger partial charge in [0, 0.05) is 24.7 Å². The van der Waals surface area contributed by atoms with Crippen molar-refractivity contribution in [2.75, 3.05) is 19.7 Å². The first-order valence-corrected chi connectivity index (χ1v) is 7.40. The average Bonchev–Trinajstić information content (AvgIpc) is 2.46. The summed E-state index contributed by atoms with van der Waals surface area (Å²) in [5, 5.41) is 3.71. The van der Waals surface area contributed by atoms with Crippen molar-refractivity contribution in [3.63, 3.8) is 0 Å². The second-order valence-electron chi connectivity index (χ2n) is 4.87. The lowest BCUT2D eigenvalue weighted by Gasteiger charge is -2.33. The molecule has 5 nitrogen and oxygen atoms in total. The van der Waals surface area contributed by atoms with Crippen molar-refractivity contribution in [1.29, 1.82) is 0 Å². The predicted molar refractivity (Wildman–Crippen MR) is 79.9 cm³/mol. The lowest BCUT2D eigenvalue weighted by molar-refractivity contribution is -0.148. The Bertz CT molecular complexity index is 521. The number of benzene rings is 1. The molecule has 0 radical (unpaired) electrons. The number of amides is 1. The van der Waals surface area contributed by atoms with Gasteiger partial charge in [-0.2, -0.15) is 0 Å². The summed E-state index contributed by atoms with van der Waals surface area (Å²) >= 11 is 6.13. The summed E-state index contributed by atoms with van der Waals surface area (Å²) in [7, 11) is 0. The molecule has 1 fully saturated rings. The Balaban J connectivity index is 1.99. The van der Waals surface area contributed by atoms with Crippen LogP contribution in [0.25, 0.3) is 0 Å². The highest BCUT2D eigenvalue weighted by Crippen LogP contribution is 2.18. The van der Waals surface area contributed by atoms with E-state index >= 15 is 0 Å². The molecule has 21 heavy (non-hydrogen) atoms. The van der Waals surface area contributed by atoms with Crippen LogP contribution in [0, 0.1) is 0 Å². The minimum atomic E-state index is -0.514. The van der Waals surface area contributed by atoms with Crippen LogP contribution in [0.3, 0.4) is 0 Å². The minimum Gasteiger partial charge on any atom is -0.466 e. The number of hydrogen-bond acceptors (Lipinski definition) is 4. The topological polar surface area (TPSA) is 58.6 Å². The highest BCUT2D eigenvalue weighted by atomic mass is 35.5. The largest absolute Gasteiger partial charge is 0.466 e. The molecule has 1 aliphatic rings. The molecule has 1 atom stereocenters. The maximum atomic E-state index is 12.4. The number of nitrogens with zero attached hydrogens (tertiary/aromatic N) is 1. The Labute approximate surface area is 129 Å². The molecular weight excluding hydrogens is 292 g/mol. The smallest absolute Gasteiger partial charge is 0.307 e. The maximum Gasteiger partial charge on any atom is 0.307 e. The van der Waals surface area contributed by atoms with Crippen molar-refractivity contribution in [3.8, 4) is 0 Å². The van der Waals surface area contributed by atoms with E-state index in [-0.39, 0.29) is 18.3 Å². The Kier molecular flexibility index (Phi) is 5.59. The van der Waals surface area contributed by atoms with E-state index in [2.05, 4.69) is 5.32 Å². The van der Waals surface area contributed by atoms with Crippen LogP contribution in [0.1, 0.15) is 18.9 Å². The van der Waals surface area contributed by atoms with Gasteiger partial charge < -0.3 is 15.0 Å². The van der Waals surface area contributed by atoms with Gasteiger partial charge in [-0.1, -0.05) is 29.8 Å². The molecule has 2 rings (SSSR count). The molecule has 114 valence electrons. The third-order valence-electron chi connectivity index (χ3n) is 3.38. The Morgan fingerprint density at radius 3 is 2.95 bits per heavy atom. The third kappa shape index (κ3) is 4.19. The monoisotopic (exact) mass is 310 g/mol. The lowest BCUT2D eigenvalue weighted by atomic mass is 10.1. The van der Waals surface area contributed by atoms with Gasteiger partial charge in [-0.3, -0.25) is 9.59 Å². The summed E-state index contributed by atoms with van der Waals surface area (Å²) in [4.78, 5) is 25.6. The normalized spacial score (nSPS) is 18.7. The molecule has 1 saturated heterocycles. The highest BCUT2D eigenvalue weighted by Gasteiger charge is 2.30. The van der Waals surface area contributed by atoms with Gasteiger partial charge in [0.25, 0.3) is 0 Å². The van der Waals surface area contributed by atoms with Crippen LogP contribution in [0.4, 0.5) is 0 Å². The average molecular weight is 311 g/mol. The van der Waals surface area contributed by atoms with Crippen LogP contribution >= 0.6 is 11.6 Å². The molecule has 0 aliphatic carbocycles. The second kappa shape index (κ2) is 7.43. The number of ether oxygens (including phenoxy) is 1. The zero-order chi connectivity index (χ0) is 15.2. The molecule has 0 spiro atoms. The number of carbonyl (C=O) groups is 2. The summed E-state index contributed by atoms with van der Waals surface area (Å²) in [5.41, 5.74) is 0.907. The maximum absolute atomic E-state index is 12.4. The molecule has 1 N–H and O–H groups in total. The summed E-state index contributed by atoms with van der Waals surface area (Å²) in [6, 6.07) is 6.94. The summed E-state index contributed by atoms with van der Waals surface area (Å²) in [6.07, 6.45) is 0.0612. The number of nitrogens with one attached hydrogen (secondary N) is 1. The first-order valence-electron chi connectivity index (χ1n) is 7.03. The molecule has 0 aromatic heterocycles. The van der Waals surface area contributed by atoms with Crippen molar-refractivity contribution in [2.24, 2.45) is 0 Å². The molecule has 0 bridgehead atoms. The summed E-state index contributed by atoms with van der Waals surface area (Å²) in [5.74, 6) is -0.447. The number of rotatable bonds is 5. The highest BCUT2D eigenvalue weighted by molar-refractivity contribution is 6.31. The molecular formula is C15H19ClN2O3. The van der Waals surface area contributed by atoms with Crippen molar-refractivity contribution in [2.45, 2.75) is 25.9 Å². The van der Waals surface area contributed by atoms with E-state index in [9.17, 15) is 9.59 Å². The number of piperazine rings is 1. The minimum absolute atomic E-state index is 0.0612. The van der Waals surface area contributed by atoms with Gasteiger partial charge in [0.2, 0.25) is 5.91 Å². The SMILES string of the molecule is CCOC(=O)CC1NCCN(Cc2ccccc2Cl)C1=O. The molecule has 0 saturated carbocycles. The van der Waals surface area contributed by atoms with Gasteiger partial charge in [-0.05, 0) is 18.6 Å². The number of esters is 1. The Morgan fingerprint density at radius 2 is 2.24 bits per heavy atom. The molecule has 1 unspecified atom stereocenters. The predicted octanol–water partition coefficient (Wildman–Crippen LogP) is 1.59. The lowest BCUT2D eigenvalue weighted by Crippen LogP contribution is -2.55. The summed E-state index contributed by atoms with van der Waals surface area (Å²) < 4.78 is 4.89. The van der Waals surface area contributed by atoms with Gasteiger partial charge in [-0.25, -0.2) is 0 Å². The van der Waals surface area contributed by atoms with Gasteiger partial charge in [0.05, 0.1) is 19.1 Å². The Hall–Kier alpha value is -1.59. The second-order valence-corrected chi connectivity index (χ2v) is 5.27. The van der Waals surface area contributed by atoms with Crippen molar-refractivity contribution in [1.82, 2.24) is 10.2 Å². The number of hydrogen-bond donors (Lipinski definition) is 1. The first kappa shape index (κ1) is 15.8. The zero-order valence-electron chi connectivity index (χ0n) is 12.0. The first-order chi connectivity index (χ1) is 10.1. The van der Waals surface area contributed by atoms with Crippen molar-refractivity contribution >= 4 is 23.5 Å². The fourth-order valence-corrected chi connectivity index (χ4v) is 2.52. The van der Waals surface area contributed by atoms with Crippen molar-refractivity contribution < 1.29 is 14.3 Å². The van der Waals surface area contributed by atoms with Gasteiger partial charge in [0.15, 0.2) is 0 Å². The van der Waals surface area contributed by atoms with Crippen LogP contribution < -0.4 is 5.32 Å². The van der Waals surface area contributed by atoms with E-state index in [0.717, 1.165) is 5.56 Å². The van der Waals surface area contributed by atoms with Gasteiger partial charge in [-0.15, -0.1) is 0 Å². The van der Waals surface area contributed by atoms with E-state index in [1.807, 2.05) is 18.2 Å². The van der Waals surface area contributed by atoms with E-state index in [1.165, 1.54) is 0 Å². The Morgan fingerprint density at radius 1 is 1.48 bits per heavy atom. The number of halogens is 1. The van der Waals surface area contributed by atoms with E-state index in [4.69, 9.17) is 16.3 Å². The van der Waals surface area contributed by atoms with Crippen LogP contribution in [-0.4, -0.2) is 42.5 Å². The molecule has 1 heterocycles. The molecule has 1 amide bonds. The van der Waals surface area contributed by atoms with Gasteiger partial charge >= 0.3 is 5.97 Å². The van der Waals surface area contributed by atoms with Gasteiger partial charge in [0.1, 0.15) is 0 Å². The molecule has 1 aromatic carbocycles. The molecule has 1 aromatic rings. The number of carbonyl (C=O) groups excluding carboxylic acids is 2. The van der Waals surface area contributed by atoms with Crippen LogP contribution in [-0.2, 0) is 20.9 Å². The zero-order valence-corrected chi connectivity index (χ0v) is 12.7. The molecule has 6 heteroatoms. The third-order valence-corrected chi connectivity index (χ3v) is 3.75. The quantitative estimate of drug-likeness (QED) is 0.839. The van der Waals surface area contributed by atoms with Crippen LogP contribution in [0.15, 0.2) is 24.3 Å². The fraction of sp³-hybridized carbons (Fsp3) is 0.467. The van der Waals surface area contributed by atoms with E-state index in [0.29, 0.717) is 31.3 Å². The van der Waals surface area contributed by atoms with E-state index < -0.39 is 6.04 Å².